The lowest BCUT2D eigenvalue weighted by Crippen LogP contribution is -2.36. The van der Waals surface area contributed by atoms with Gasteiger partial charge in [0.1, 0.15) is 0 Å². The normalized spacial score (nSPS) is 10.4. The maximum absolute atomic E-state index is 13.2. The van der Waals surface area contributed by atoms with E-state index in [9.17, 15) is 18.4 Å². The monoisotopic (exact) mass is 309 g/mol. The molecule has 0 aliphatic heterocycles. The van der Waals surface area contributed by atoms with Gasteiger partial charge >= 0.3 is 0 Å². The van der Waals surface area contributed by atoms with Crippen molar-refractivity contribution < 1.29 is 22.9 Å². The minimum Gasteiger partial charge on any atom is -0.355 e. The van der Waals surface area contributed by atoms with Crippen molar-refractivity contribution in [3.8, 4) is 11.3 Å². The van der Waals surface area contributed by atoms with Crippen LogP contribution in [0, 0.1) is 11.6 Å². The van der Waals surface area contributed by atoms with Crippen LogP contribution in [0.15, 0.2) is 28.8 Å². The van der Waals surface area contributed by atoms with E-state index in [2.05, 4.69) is 10.5 Å². The maximum Gasteiger partial charge on any atom is 0.273 e. The number of hydrogen-bond donors (Lipinski definition) is 1. The van der Waals surface area contributed by atoms with Gasteiger partial charge in [-0.2, -0.15) is 0 Å². The van der Waals surface area contributed by atoms with Crippen LogP contribution in [-0.4, -0.2) is 42.5 Å². The highest BCUT2D eigenvalue weighted by atomic mass is 19.2. The number of carbonyl (C=O) groups is 2. The number of rotatable bonds is 4. The lowest BCUT2D eigenvalue weighted by atomic mass is 10.1. The minimum atomic E-state index is -1.03. The Balaban J connectivity index is 2.09. The summed E-state index contributed by atoms with van der Waals surface area (Å²) in [4.78, 5) is 24.5. The smallest absolute Gasteiger partial charge is 0.273 e. The number of carbonyl (C=O) groups excluding carboxylic acids is 2. The van der Waals surface area contributed by atoms with E-state index in [4.69, 9.17) is 4.52 Å². The highest BCUT2D eigenvalue weighted by Crippen LogP contribution is 2.22. The summed E-state index contributed by atoms with van der Waals surface area (Å²) in [7, 11) is 3.12. The van der Waals surface area contributed by atoms with Crippen LogP contribution in [0.4, 0.5) is 8.78 Å². The molecule has 0 aliphatic rings. The molecule has 1 aromatic heterocycles. The van der Waals surface area contributed by atoms with Crippen LogP contribution in [-0.2, 0) is 4.79 Å². The van der Waals surface area contributed by atoms with Crippen molar-refractivity contribution in [2.24, 2.45) is 0 Å². The quantitative estimate of drug-likeness (QED) is 0.927. The molecule has 2 aromatic rings. The molecule has 0 bridgehead atoms. The van der Waals surface area contributed by atoms with E-state index in [1.165, 1.54) is 17.0 Å². The van der Waals surface area contributed by atoms with Gasteiger partial charge in [-0.25, -0.2) is 8.78 Å². The van der Waals surface area contributed by atoms with E-state index in [1.54, 1.807) is 14.1 Å². The second-order valence-corrected chi connectivity index (χ2v) is 4.68. The predicted molar refractivity (Wildman–Crippen MR) is 72.9 cm³/mol. The fourth-order valence-electron chi connectivity index (χ4n) is 1.57. The number of nitrogens with one attached hydrogen (secondary N) is 1. The summed E-state index contributed by atoms with van der Waals surface area (Å²) >= 11 is 0. The Bertz CT molecular complexity index is 713. The zero-order valence-corrected chi connectivity index (χ0v) is 11.9. The first kappa shape index (κ1) is 15.6. The van der Waals surface area contributed by atoms with Gasteiger partial charge in [-0.15, -0.1) is 0 Å². The number of benzene rings is 1. The van der Waals surface area contributed by atoms with Crippen LogP contribution < -0.4 is 5.32 Å². The molecule has 1 heterocycles. The molecule has 116 valence electrons. The Kier molecular flexibility index (Phi) is 4.50. The number of aromatic nitrogens is 1. The first-order valence-electron chi connectivity index (χ1n) is 6.29. The number of hydrogen-bond acceptors (Lipinski definition) is 4. The number of likely N-dealkylation sites (N-methyl/N-ethyl adjacent to an activating group) is 1. The largest absolute Gasteiger partial charge is 0.355 e. The van der Waals surface area contributed by atoms with Gasteiger partial charge in [0, 0.05) is 25.7 Å². The molecule has 1 aromatic carbocycles. The van der Waals surface area contributed by atoms with Crippen LogP contribution in [0.25, 0.3) is 11.3 Å². The van der Waals surface area contributed by atoms with E-state index >= 15 is 0 Å². The molecule has 0 fully saturated rings. The summed E-state index contributed by atoms with van der Waals surface area (Å²) in [5, 5.41) is 5.92. The molecule has 6 nitrogen and oxygen atoms in total. The van der Waals surface area contributed by atoms with E-state index in [0.717, 1.165) is 12.1 Å². The fraction of sp³-hybridized carbons (Fsp3) is 0.214. The number of amides is 2. The van der Waals surface area contributed by atoms with E-state index in [1.807, 2.05) is 0 Å². The zero-order chi connectivity index (χ0) is 16.3. The topological polar surface area (TPSA) is 75.4 Å². The molecule has 0 saturated heterocycles. The standard InChI is InChI=1S/C14H13F2N3O3/c1-19(2)13(20)7-17-14(21)11-6-12(22-18-11)8-3-4-9(15)10(16)5-8/h3-6H,7H2,1-2H3,(H,17,21). The van der Waals surface area contributed by atoms with Crippen LogP contribution in [0.2, 0.25) is 0 Å². The summed E-state index contributed by atoms with van der Waals surface area (Å²) in [5.74, 6) is -2.78. The maximum atomic E-state index is 13.2. The first-order chi connectivity index (χ1) is 10.4. The molecule has 0 aliphatic carbocycles. The van der Waals surface area contributed by atoms with E-state index < -0.39 is 17.5 Å². The summed E-state index contributed by atoms with van der Waals surface area (Å²) in [6.45, 7) is -0.181. The van der Waals surface area contributed by atoms with Gasteiger partial charge in [-0.1, -0.05) is 5.16 Å². The van der Waals surface area contributed by atoms with Crippen molar-refractivity contribution in [3.63, 3.8) is 0 Å². The predicted octanol–water partition coefficient (Wildman–Crippen LogP) is 1.44. The van der Waals surface area contributed by atoms with Crippen LogP contribution >= 0.6 is 0 Å². The van der Waals surface area contributed by atoms with Crippen LogP contribution in [0.3, 0.4) is 0 Å². The third kappa shape index (κ3) is 3.46. The Hall–Kier alpha value is -2.77. The molecule has 0 radical (unpaired) electrons. The molecule has 0 spiro atoms. The van der Waals surface area contributed by atoms with Crippen molar-refractivity contribution in [2.75, 3.05) is 20.6 Å². The van der Waals surface area contributed by atoms with Crippen LogP contribution in [0.5, 0.6) is 0 Å². The van der Waals surface area contributed by atoms with Gasteiger partial charge in [-0.05, 0) is 18.2 Å². The lowest BCUT2D eigenvalue weighted by molar-refractivity contribution is -0.127. The Morgan fingerprint density at radius 3 is 2.59 bits per heavy atom. The van der Waals surface area contributed by atoms with Crippen molar-refractivity contribution in [3.05, 3.63) is 41.6 Å². The van der Waals surface area contributed by atoms with Gasteiger partial charge in [0.15, 0.2) is 23.1 Å². The third-order valence-electron chi connectivity index (χ3n) is 2.85. The fourth-order valence-corrected chi connectivity index (χ4v) is 1.57. The third-order valence-corrected chi connectivity index (χ3v) is 2.85. The first-order valence-corrected chi connectivity index (χ1v) is 6.29. The molecule has 2 amide bonds. The number of halogens is 2. The second kappa shape index (κ2) is 6.33. The Labute approximate surface area is 124 Å². The summed E-state index contributed by atoms with van der Waals surface area (Å²) in [6, 6.07) is 4.47. The lowest BCUT2D eigenvalue weighted by Gasteiger charge is -2.09. The van der Waals surface area contributed by atoms with Crippen molar-refractivity contribution in [1.82, 2.24) is 15.4 Å². The molecule has 8 heteroatoms. The highest BCUT2D eigenvalue weighted by molar-refractivity contribution is 5.95. The van der Waals surface area contributed by atoms with Gasteiger partial charge in [0.05, 0.1) is 6.54 Å². The molecular weight excluding hydrogens is 296 g/mol. The molecular formula is C14H13F2N3O3. The average molecular weight is 309 g/mol. The molecule has 0 saturated carbocycles. The van der Waals surface area contributed by atoms with Crippen molar-refractivity contribution in [2.45, 2.75) is 0 Å². The van der Waals surface area contributed by atoms with E-state index in [0.29, 0.717) is 0 Å². The van der Waals surface area contributed by atoms with Gasteiger partial charge in [0.2, 0.25) is 5.91 Å². The van der Waals surface area contributed by atoms with Gasteiger partial charge in [0.25, 0.3) is 5.91 Å². The number of nitrogens with zero attached hydrogens (tertiary/aromatic N) is 2. The zero-order valence-electron chi connectivity index (χ0n) is 11.9. The Morgan fingerprint density at radius 1 is 1.23 bits per heavy atom. The average Bonchev–Trinajstić information content (AvgIpc) is 2.97. The minimum absolute atomic E-state index is 0.0636. The molecule has 22 heavy (non-hydrogen) atoms. The SMILES string of the molecule is CN(C)C(=O)CNC(=O)c1cc(-c2ccc(F)c(F)c2)on1. The molecule has 0 unspecified atom stereocenters. The molecule has 0 atom stereocenters. The molecule has 1 N–H and O–H groups in total. The van der Waals surface area contributed by atoms with Gasteiger partial charge in [-0.3, -0.25) is 9.59 Å². The van der Waals surface area contributed by atoms with Crippen LogP contribution in [0.1, 0.15) is 10.5 Å². The van der Waals surface area contributed by atoms with Gasteiger partial charge < -0.3 is 14.7 Å². The second-order valence-electron chi connectivity index (χ2n) is 4.68. The summed E-state index contributed by atoms with van der Waals surface area (Å²) in [6.07, 6.45) is 0. The van der Waals surface area contributed by atoms with Crippen molar-refractivity contribution >= 4 is 11.8 Å². The highest BCUT2D eigenvalue weighted by Gasteiger charge is 2.16. The van der Waals surface area contributed by atoms with Crippen molar-refractivity contribution in [1.29, 1.82) is 0 Å². The summed E-state index contributed by atoms with van der Waals surface area (Å²) < 4.78 is 31.0. The Morgan fingerprint density at radius 2 is 1.95 bits per heavy atom. The van der Waals surface area contributed by atoms with E-state index in [-0.39, 0.29) is 29.5 Å². The molecule has 2 rings (SSSR count). The summed E-state index contributed by atoms with van der Waals surface area (Å²) in [5.41, 5.74) is 0.182.